The van der Waals surface area contributed by atoms with E-state index in [4.69, 9.17) is 4.98 Å². The predicted octanol–water partition coefficient (Wildman–Crippen LogP) is 4.45. The normalized spacial score (nSPS) is 15.8. The third-order valence-electron chi connectivity index (χ3n) is 7.64. The van der Waals surface area contributed by atoms with Gasteiger partial charge in [0.15, 0.2) is 0 Å². The molecule has 9 heteroatoms. The molecule has 1 aliphatic heterocycles. The topological polar surface area (TPSA) is 95.3 Å². The third kappa shape index (κ3) is 5.41. The molecule has 2 fully saturated rings. The number of pyridine rings is 2. The van der Waals surface area contributed by atoms with Gasteiger partial charge in [0.2, 0.25) is 5.91 Å². The standard InChI is InChI=1S/C30H32N8O/c1-35-20-26(19-33-35)24-15-27(30-25(16-31)18-34-38(30)21-24)23-9-10-28(32-17-23)36-11-13-37(14-12-36)29(39)6-4-2-3-5-22-7-8-22/h2-3,9-10,15,17-22H,4-8,11-14H2,1H3/b3-2+. The maximum Gasteiger partial charge on any atom is 0.223 e. The fourth-order valence-electron chi connectivity index (χ4n) is 5.19. The third-order valence-corrected chi connectivity index (χ3v) is 7.64. The number of nitrogens with zero attached hydrogens (tertiary/aromatic N) is 8. The first-order chi connectivity index (χ1) is 19.1. The number of anilines is 1. The molecule has 0 unspecified atom stereocenters. The fraction of sp³-hybridized carbons (Fsp3) is 0.367. The van der Waals surface area contributed by atoms with Crippen molar-refractivity contribution in [3.05, 3.63) is 66.9 Å². The summed E-state index contributed by atoms with van der Waals surface area (Å²) in [5.41, 5.74) is 5.02. The molecule has 6 rings (SSSR count). The van der Waals surface area contributed by atoms with E-state index in [2.05, 4.69) is 39.4 Å². The minimum Gasteiger partial charge on any atom is -0.353 e. The van der Waals surface area contributed by atoms with Crippen LogP contribution in [0.4, 0.5) is 5.82 Å². The molecule has 5 heterocycles. The molecule has 1 saturated carbocycles. The van der Waals surface area contributed by atoms with Crippen molar-refractivity contribution in [2.75, 3.05) is 31.1 Å². The summed E-state index contributed by atoms with van der Waals surface area (Å²) in [6.45, 7) is 2.95. The number of rotatable bonds is 8. The van der Waals surface area contributed by atoms with Crippen LogP contribution in [-0.4, -0.2) is 61.4 Å². The summed E-state index contributed by atoms with van der Waals surface area (Å²) in [7, 11) is 1.89. The zero-order valence-corrected chi connectivity index (χ0v) is 22.2. The molecule has 0 bridgehead atoms. The van der Waals surface area contributed by atoms with E-state index < -0.39 is 0 Å². The Bertz CT molecular complexity index is 1550. The van der Waals surface area contributed by atoms with E-state index in [0.29, 0.717) is 25.1 Å². The van der Waals surface area contributed by atoms with Gasteiger partial charge >= 0.3 is 0 Å². The molecule has 0 aromatic carbocycles. The molecule has 0 N–H and O–H groups in total. The molecule has 39 heavy (non-hydrogen) atoms. The van der Waals surface area contributed by atoms with Gasteiger partial charge in [-0.2, -0.15) is 15.5 Å². The molecule has 0 spiro atoms. The second-order valence-corrected chi connectivity index (χ2v) is 10.5. The highest BCUT2D eigenvalue weighted by atomic mass is 16.2. The van der Waals surface area contributed by atoms with Crippen LogP contribution in [-0.2, 0) is 11.8 Å². The minimum absolute atomic E-state index is 0.237. The number of nitriles is 1. The Hall–Kier alpha value is -4.45. The van der Waals surface area contributed by atoms with Crippen molar-refractivity contribution in [3.63, 3.8) is 0 Å². The molecule has 4 aromatic rings. The largest absolute Gasteiger partial charge is 0.353 e. The fourth-order valence-corrected chi connectivity index (χ4v) is 5.19. The summed E-state index contributed by atoms with van der Waals surface area (Å²) < 4.78 is 3.52. The second-order valence-electron chi connectivity index (χ2n) is 10.5. The van der Waals surface area contributed by atoms with Crippen LogP contribution < -0.4 is 4.90 Å². The SMILES string of the molecule is Cn1cc(-c2cc(-c3ccc(N4CCN(C(=O)CC/C=C/CC5CC5)CC4)nc3)c3c(C#N)cnn3c2)cn1. The van der Waals surface area contributed by atoms with Crippen molar-refractivity contribution < 1.29 is 4.79 Å². The Balaban J connectivity index is 1.14. The summed E-state index contributed by atoms with van der Waals surface area (Å²) in [6, 6.07) is 8.39. The first-order valence-electron chi connectivity index (χ1n) is 13.6. The van der Waals surface area contributed by atoms with Gasteiger partial charge in [0.05, 0.1) is 23.5 Å². The van der Waals surface area contributed by atoms with Crippen LogP contribution >= 0.6 is 0 Å². The number of hydrogen-bond acceptors (Lipinski definition) is 6. The number of aromatic nitrogens is 5. The molecule has 0 radical (unpaired) electrons. The summed E-state index contributed by atoms with van der Waals surface area (Å²) in [4.78, 5) is 21.6. The molecule has 9 nitrogen and oxygen atoms in total. The van der Waals surface area contributed by atoms with Gasteiger partial charge in [0, 0.05) is 80.5 Å². The summed E-state index contributed by atoms with van der Waals surface area (Å²) in [5.74, 6) is 2.02. The van der Waals surface area contributed by atoms with Crippen LogP contribution in [0.2, 0.25) is 0 Å². The highest BCUT2D eigenvalue weighted by molar-refractivity contribution is 5.87. The average Bonchev–Trinajstić information content (AvgIpc) is 3.54. The molecular formula is C30H32N8O. The van der Waals surface area contributed by atoms with Crippen LogP contribution in [0.25, 0.3) is 27.8 Å². The van der Waals surface area contributed by atoms with Crippen molar-refractivity contribution in [2.24, 2.45) is 13.0 Å². The highest BCUT2D eigenvalue weighted by Gasteiger charge is 2.22. The van der Waals surface area contributed by atoms with Crippen LogP contribution in [0.1, 0.15) is 37.7 Å². The van der Waals surface area contributed by atoms with Crippen molar-refractivity contribution in [1.29, 1.82) is 5.26 Å². The Kier molecular flexibility index (Phi) is 6.84. The smallest absolute Gasteiger partial charge is 0.223 e. The van der Waals surface area contributed by atoms with Gasteiger partial charge in [0.25, 0.3) is 0 Å². The van der Waals surface area contributed by atoms with Crippen LogP contribution in [0.5, 0.6) is 0 Å². The zero-order valence-electron chi connectivity index (χ0n) is 22.2. The second kappa shape index (κ2) is 10.7. The lowest BCUT2D eigenvalue weighted by Gasteiger charge is -2.35. The Morgan fingerprint density at radius 1 is 1.03 bits per heavy atom. The Morgan fingerprint density at radius 3 is 2.56 bits per heavy atom. The lowest BCUT2D eigenvalue weighted by Crippen LogP contribution is -2.49. The highest BCUT2D eigenvalue weighted by Crippen LogP contribution is 2.33. The Morgan fingerprint density at radius 2 is 1.87 bits per heavy atom. The number of fused-ring (bicyclic) bond motifs is 1. The molecule has 1 aliphatic carbocycles. The lowest BCUT2D eigenvalue weighted by atomic mass is 10.0. The van der Waals surface area contributed by atoms with Crippen LogP contribution in [0.15, 0.2) is 61.3 Å². The van der Waals surface area contributed by atoms with Gasteiger partial charge in [-0.3, -0.25) is 9.48 Å². The molecule has 2 aliphatic rings. The van der Waals surface area contributed by atoms with E-state index in [-0.39, 0.29) is 5.91 Å². The van der Waals surface area contributed by atoms with Crippen LogP contribution in [0.3, 0.4) is 0 Å². The molecule has 198 valence electrons. The van der Waals surface area contributed by atoms with E-state index in [9.17, 15) is 10.1 Å². The van der Waals surface area contributed by atoms with Crippen molar-refractivity contribution >= 4 is 17.2 Å². The van der Waals surface area contributed by atoms with E-state index >= 15 is 0 Å². The number of aryl methyl sites for hydroxylation is 1. The number of piperazine rings is 1. The van der Waals surface area contributed by atoms with E-state index in [0.717, 1.165) is 59.0 Å². The monoisotopic (exact) mass is 520 g/mol. The lowest BCUT2D eigenvalue weighted by molar-refractivity contribution is -0.131. The van der Waals surface area contributed by atoms with Crippen LogP contribution in [0, 0.1) is 17.2 Å². The van der Waals surface area contributed by atoms with E-state index in [1.807, 2.05) is 48.9 Å². The average molecular weight is 521 g/mol. The predicted molar refractivity (Wildman–Crippen MR) is 150 cm³/mol. The van der Waals surface area contributed by atoms with E-state index in [1.54, 1.807) is 15.4 Å². The first-order valence-corrected chi connectivity index (χ1v) is 13.6. The first kappa shape index (κ1) is 24.9. The molecule has 1 saturated heterocycles. The van der Waals surface area contributed by atoms with Crippen molar-refractivity contribution in [3.8, 4) is 28.3 Å². The quantitative estimate of drug-likeness (QED) is 0.319. The van der Waals surface area contributed by atoms with Gasteiger partial charge in [-0.25, -0.2) is 9.50 Å². The summed E-state index contributed by atoms with van der Waals surface area (Å²) >= 11 is 0. The maximum absolute atomic E-state index is 12.6. The van der Waals surface area contributed by atoms with E-state index in [1.165, 1.54) is 19.3 Å². The molecule has 1 amide bonds. The summed E-state index contributed by atoms with van der Waals surface area (Å²) in [6.07, 6.45) is 18.9. The van der Waals surface area contributed by atoms with Crippen molar-refractivity contribution in [1.82, 2.24) is 29.3 Å². The van der Waals surface area contributed by atoms with Gasteiger partial charge in [-0.05, 0) is 49.8 Å². The molecule has 4 aromatic heterocycles. The van der Waals surface area contributed by atoms with Crippen molar-refractivity contribution in [2.45, 2.75) is 32.1 Å². The molecule has 0 atom stereocenters. The number of carbonyl (C=O) groups is 1. The number of allylic oxidation sites excluding steroid dienone is 2. The van der Waals surface area contributed by atoms with Gasteiger partial charge < -0.3 is 9.80 Å². The molecular weight excluding hydrogens is 488 g/mol. The number of hydrogen-bond donors (Lipinski definition) is 0. The maximum atomic E-state index is 12.6. The van der Waals surface area contributed by atoms with Gasteiger partial charge in [-0.15, -0.1) is 0 Å². The number of carbonyl (C=O) groups excluding carboxylic acids is 1. The van der Waals surface area contributed by atoms with Gasteiger partial charge in [-0.1, -0.05) is 12.2 Å². The van der Waals surface area contributed by atoms with Gasteiger partial charge in [0.1, 0.15) is 11.9 Å². The Labute approximate surface area is 228 Å². The minimum atomic E-state index is 0.237. The summed E-state index contributed by atoms with van der Waals surface area (Å²) in [5, 5.41) is 18.4. The zero-order chi connectivity index (χ0) is 26.8. The number of amides is 1.